The minimum atomic E-state index is 0.778. The van der Waals surface area contributed by atoms with Gasteiger partial charge in [-0.15, -0.1) is 0 Å². The molecule has 6 aromatic carbocycles. The molecule has 4 N–H and O–H groups in total. The van der Waals surface area contributed by atoms with Crippen LogP contribution in [0.3, 0.4) is 0 Å². The lowest BCUT2D eigenvalue weighted by Gasteiger charge is -2.20. The predicted molar refractivity (Wildman–Crippen MR) is 185 cm³/mol. The van der Waals surface area contributed by atoms with E-state index in [-0.39, 0.29) is 0 Å². The molecule has 212 valence electrons. The quantitative estimate of drug-likeness (QED) is 0.101. The predicted octanol–water partition coefficient (Wildman–Crippen LogP) is 11.1. The van der Waals surface area contributed by atoms with Gasteiger partial charge in [-0.2, -0.15) is 0 Å². The Hall–Kier alpha value is -4.30. The van der Waals surface area contributed by atoms with Gasteiger partial charge in [-0.3, -0.25) is 0 Å². The lowest BCUT2D eigenvalue weighted by Crippen LogP contribution is -1.98. The first-order valence-corrected chi connectivity index (χ1v) is 15.7. The number of fused-ring (bicyclic) bond motifs is 6. The molecule has 2 heteroatoms. The van der Waals surface area contributed by atoms with Crippen LogP contribution in [0, 0.1) is 0 Å². The van der Waals surface area contributed by atoms with Crippen molar-refractivity contribution in [2.45, 2.75) is 65.2 Å². The van der Waals surface area contributed by atoms with Crippen LogP contribution in [-0.4, -0.2) is 0 Å². The Bertz CT molecular complexity index is 1850. The zero-order chi connectivity index (χ0) is 29.1. The Balaban J connectivity index is 1.61. The number of aryl methyl sites for hydroxylation is 2. The van der Waals surface area contributed by atoms with E-state index < -0.39 is 0 Å². The summed E-state index contributed by atoms with van der Waals surface area (Å²) in [6.07, 6.45) is 9.70. The van der Waals surface area contributed by atoms with E-state index in [1.54, 1.807) is 0 Å². The van der Waals surface area contributed by atoms with E-state index in [0.29, 0.717) is 0 Å². The lowest BCUT2D eigenvalue weighted by atomic mass is 9.85. The smallest absolute Gasteiger partial charge is 0.0480 e. The average molecular weight is 551 g/mol. The summed E-state index contributed by atoms with van der Waals surface area (Å²) in [5.41, 5.74) is 22.4. The summed E-state index contributed by atoms with van der Waals surface area (Å²) in [7, 11) is 0. The molecule has 0 spiro atoms. The second kappa shape index (κ2) is 12.3. The molecule has 0 aliphatic heterocycles. The van der Waals surface area contributed by atoms with Crippen LogP contribution in [0.5, 0.6) is 0 Å². The van der Waals surface area contributed by atoms with Gasteiger partial charge < -0.3 is 11.5 Å². The number of nitrogens with two attached hydrogens (primary N) is 2. The Morgan fingerprint density at radius 3 is 1.69 bits per heavy atom. The second-order valence-electron chi connectivity index (χ2n) is 11.8. The van der Waals surface area contributed by atoms with Crippen molar-refractivity contribution in [1.29, 1.82) is 0 Å². The van der Waals surface area contributed by atoms with E-state index in [1.807, 2.05) is 6.07 Å². The van der Waals surface area contributed by atoms with Crippen molar-refractivity contribution in [2.24, 2.45) is 0 Å². The number of hydrogen-bond acceptors (Lipinski definition) is 2. The van der Waals surface area contributed by atoms with E-state index in [2.05, 4.69) is 105 Å². The molecule has 2 nitrogen and oxygen atoms in total. The maximum absolute atomic E-state index is 7.23. The lowest BCUT2D eigenvalue weighted by molar-refractivity contribution is 0.717. The van der Waals surface area contributed by atoms with Gasteiger partial charge >= 0.3 is 0 Å². The Labute approximate surface area is 250 Å². The molecule has 6 rings (SSSR count). The second-order valence-corrected chi connectivity index (χ2v) is 11.8. The van der Waals surface area contributed by atoms with Gasteiger partial charge in [-0.05, 0) is 93.1 Å². The fourth-order valence-corrected chi connectivity index (χ4v) is 6.53. The van der Waals surface area contributed by atoms with Crippen molar-refractivity contribution in [3.05, 3.63) is 108 Å². The monoisotopic (exact) mass is 550 g/mol. The SMILES string of the molecule is CCCCCc1ccc(-c2cc3c4ccc(N)cc4c4ccccc4c3c(-c3ccc(CCCCC)cc3)c2N)cc1. The summed E-state index contributed by atoms with van der Waals surface area (Å²) in [6.45, 7) is 4.51. The molecule has 42 heavy (non-hydrogen) atoms. The Morgan fingerprint density at radius 1 is 0.500 bits per heavy atom. The van der Waals surface area contributed by atoms with E-state index in [1.165, 1.54) is 82.0 Å². The van der Waals surface area contributed by atoms with Crippen LogP contribution >= 0.6 is 0 Å². The number of hydrogen-bond donors (Lipinski definition) is 2. The number of unbranched alkanes of at least 4 members (excludes halogenated alkanes) is 4. The fourth-order valence-electron chi connectivity index (χ4n) is 6.53. The molecule has 0 atom stereocenters. The largest absolute Gasteiger partial charge is 0.399 e. The highest BCUT2D eigenvalue weighted by Gasteiger charge is 2.19. The summed E-state index contributed by atoms with van der Waals surface area (Å²) < 4.78 is 0. The molecule has 0 bridgehead atoms. The van der Waals surface area contributed by atoms with Gasteiger partial charge in [0, 0.05) is 27.9 Å². The molecule has 0 heterocycles. The molecular formula is C40H42N2. The van der Waals surface area contributed by atoms with Crippen molar-refractivity contribution < 1.29 is 0 Å². The third kappa shape index (κ3) is 5.34. The van der Waals surface area contributed by atoms with Crippen LogP contribution in [-0.2, 0) is 12.8 Å². The molecular weight excluding hydrogens is 508 g/mol. The van der Waals surface area contributed by atoms with E-state index >= 15 is 0 Å². The van der Waals surface area contributed by atoms with E-state index in [9.17, 15) is 0 Å². The van der Waals surface area contributed by atoms with Crippen LogP contribution < -0.4 is 11.5 Å². The molecule has 0 saturated heterocycles. The molecule has 0 radical (unpaired) electrons. The van der Waals surface area contributed by atoms with Gasteiger partial charge in [0.1, 0.15) is 0 Å². The van der Waals surface area contributed by atoms with Gasteiger partial charge in [0.2, 0.25) is 0 Å². The summed E-state index contributed by atoms with van der Waals surface area (Å²) in [6, 6.07) is 35.5. The molecule has 0 amide bonds. The fraction of sp³-hybridized carbons (Fsp3) is 0.250. The molecule has 0 fully saturated rings. The number of nitrogen functional groups attached to an aromatic ring is 2. The van der Waals surface area contributed by atoms with Crippen molar-refractivity contribution in [1.82, 2.24) is 0 Å². The molecule has 0 aromatic heterocycles. The molecule has 0 saturated carbocycles. The summed E-state index contributed by atoms with van der Waals surface area (Å²) >= 11 is 0. The highest BCUT2D eigenvalue weighted by atomic mass is 14.6. The van der Waals surface area contributed by atoms with Gasteiger partial charge in [0.25, 0.3) is 0 Å². The van der Waals surface area contributed by atoms with E-state index in [0.717, 1.165) is 46.5 Å². The number of benzene rings is 6. The zero-order valence-electron chi connectivity index (χ0n) is 25.0. The van der Waals surface area contributed by atoms with Gasteiger partial charge in [-0.25, -0.2) is 0 Å². The minimum absolute atomic E-state index is 0.778. The zero-order valence-corrected chi connectivity index (χ0v) is 25.0. The third-order valence-corrected chi connectivity index (χ3v) is 8.83. The number of anilines is 2. The highest BCUT2D eigenvalue weighted by molar-refractivity contribution is 6.31. The van der Waals surface area contributed by atoms with Crippen molar-refractivity contribution in [3.63, 3.8) is 0 Å². The maximum atomic E-state index is 7.23. The first-order chi connectivity index (χ1) is 20.6. The first kappa shape index (κ1) is 27.8. The molecule has 0 aliphatic rings. The van der Waals surface area contributed by atoms with Crippen molar-refractivity contribution >= 4 is 43.7 Å². The standard InChI is InChI=1S/C40H42N2/c1-3-5-7-11-27-15-19-29(20-16-27)35-26-37-33-24-23-31(41)25-36(33)32-13-9-10-14-34(32)39(37)38(40(35)42)30-21-17-28(18-22-30)12-8-6-4-2/h9-10,13-26H,3-8,11-12,41-42H2,1-2H3. The Kier molecular flexibility index (Phi) is 8.15. The topological polar surface area (TPSA) is 52.0 Å². The van der Waals surface area contributed by atoms with Crippen LogP contribution in [0.1, 0.15) is 63.5 Å². The van der Waals surface area contributed by atoms with Crippen LogP contribution in [0.4, 0.5) is 11.4 Å². The number of rotatable bonds is 10. The van der Waals surface area contributed by atoms with Crippen molar-refractivity contribution in [3.8, 4) is 22.3 Å². The first-order valence-electron chi connectivity index (χ1n) is 15.7. The third-order valence-electron chi connectivity index (χ3n) is 8.83. The van der Waals surface area contributed by atoms with Gasteiger partial charge in [0.15, 0.2) is 0 Å². The van der Waals surface area contributed by atoms with Crippen LogP contribution in [0.2, 0.25) is 0 Å². The average Bonchev–Trinajstić information content (AvgIpc) is 3.02. The molecule has 0 unspecified atom stereocenters. The normalized spacial score (nSPS) is 11.6. The summed E-state index contributed by atoms with van der Waals surface area (Å²) in [5.74, 6) is 0. The minimum Gasteiger partial charge on any atom is -0.399 e. The Morgan fingerprint density at radius 2 is 1.07 bits per heavy atom. The van der Waals surface area contributed by atoms with Gasteiger partial charge in [-0.1, -0.05) is 118 Å². The highest BCUT2D eigenvalue weighted by Crippen LogP contribution is 2.47. The molecule has 0 aliphatic carbocycles. The van der Waals surface area contributed by atoms with Crippen LogP contribution in [0.15, 0.2) is 97.1 Å². The molecule has 6 aromatic rings. The maximum Gasteiger partial charge on any atom is 0.0480 e. The van der Waals surface area contributed by atoms with Gasteiger partial charge in [0.05, 0.1) is 0 Å². The summed E-state index contributed by atoms with van der Waals surface area (Å²) in [4.78, 5) is 0. The van der Waals surface area contributed by atoms with E-state index in [4.69, 9.17) is 11.5 Å². The van der Waals surface area contributed by atoms with Crippen molar-refractivity contribution in [2.75, 3.05) is 11.5 Å². The van der Waals surface area contributed by atoms with Crippen LogP contribution in [0.25, 0.3) is 54.6 Å². The summed E-state index contributed by atoms with van der Waals surface area (Å²) in [5, 5.41) is 7.21.